The molecule has 58 valence electrons. The van der Waals surface area contributed by atoms with Crippen LogP contribution in [0.25, 0.3) is 0 Å². The summed E-state index contributed by atoms with van der Waals surface area (Å²) >= 11 is 0. The summed E-state index contributed by atoms with van der Waals surface area (Å²) in [5.41, 5.74) is 0.600. The van der Waals surface area contributed by atoms with E-state index in [1.54, 1.807) is 0 Å². The molecule has 1 aliphatic heterocycles. The molecule has 0 saturated heterocycles. The minimum absolute atomic E-state index is 0.218. The number of carbonyl (C=O) groups excluding carboxylic acids is 1. The Hall–Kier alpha value is -1.38. The first-order valence-corrected chi connectivity index (χ1v) is 3.15. The lowest BCUT2D eigenvalue weighted by molar-refractivity contribution is -0.116. The third kappa shape index (κ3) is 1.22. The van der Waals surface area contributed by atoms with Crippen LogP contribution in [0.2, 0.25) is 0 Å². The van der Waals surface area contributed by atoms with Gasteiger partial charge in [-0.1, -0.05) is 19.2 Å². The first-order chi connectivity index (χ1) is 5.16. The Balaban J connectivity index is 3.07. The minimum atomic E-state index is -0.571. The second-order valence-electron chi connectivity index (χ2n) is 2.18. The zero-order chi connectivity index (χ0) is 8.43. The van der Waals surface area contributed by atoms with Crippen molar-refractivity contribution in [2.24, 2.45) is 0 Å². The van der Waals surface area contributed by atoms with Crippen molar-refractivity contribution >= 4 is 5.91 Å². The summed E-state index contributed by atoms with van der Waals surface area (Å²) in [5.74, 6) is -0.855. The largest absolute Gasteiger partial charge is 0.348 e. The lowest BCUT2D eigenvalue weighted by Gasteiger charge is -1.93. The molecule has 1 N–H and O–H groups in total. The fourth-order valence-electron chi connectivity index (χ4n) is 0.954. The molecule has 11 heavy (non-hydrogen) atoms. The van der Waals surface area contributed by atoms with Crippen molar-refractivity contribution in [3.8, 4) is 0 Å². The molecule has 0 aromatic rings. The highest BCUT2D eigenvalue weighted by molar-refractivity contribution is 6.00. The van der Waals surface area contributed by atoms with Crippen molar-refractivity contribution in [3.05, 3.63) is 36.2 Å². The lowest BCUT2D eigenvalue weighted by atomic mass is 10.1. The van der Waals surface area contributed by atoms with E-state index in [0.717, 1.165) is 0 Å². The standard InChI is InChI=1S/C8H8FNO/c1-3-6-7(5(2)9)4-10-8(6)11/h3H,1-2,4H2,(H,10,11). The summed E-state index contributed by atoms with van der Waals surface area (Å²) in [6.07, 6.45) is 1.34. The smallest absolute Gasteiger partial charge is 0.251 e. The monoisotopic (exact) mass is 153 g/mol. The average molecular weight is 153 g/mol. The topological polar surface area (TPSA) is 29.1 Å². The fraction of sp³-hybridized carbons (Fsp3) is 0.125. The molecule has 0 bridgehead atoms. The van der Waals surface area contributed by atoms with Crippen molar-refractivity contribution in [3.63, 3.8) is 0 Å². The molecule has 0 unspecified atom stereocenters. The highest BCUT2D eigenvalue weighted by Crippen LogP contribution is 2.19. The highest BCUT2D eigenvalue weighted by Gasteiger charge is 2.21. The van der Waals surface area contributed by atoms with Crippen LogP contribution in [0.15, 0.2) is 36.2 Å². The number of rotatable bonds is 2. The van der Waals surface area contributed by atoms with Crippen molar-refractivity contribution in [1.82, 2.24) is 5.32 Å². The van der Waals surface area contributed by atoms with Crippen LogP contribution in [0, 0.1) is 0 Å². The van der Waals surface area contributed by atoms with Gasteiger partial charge in [-0.15, -0.1) is 0 Å². The quantitative estimate of drug-likeness (QED) is 0.632. The maximum absolute atomic E-state index is 12.5. The van der Waals surface area contributed by atoms with Gasteiger partial charge in [0.1, 0.15) is 5.83 Å². The third-order valence-corrected chi connectivity index (χ3v) is 1.53. The highest BCUT2D eigenvalue weighted by atomic mass is 19.1. The predicted octanol–water partition coefficient (Wildman–Crippen LogP) is 1.08. The van der Waals surface area contributed by atoms with Gasteiger partial charge in [0.05, 0.1) is 0 Å². The summed E-state index contributed by atoms with van der Waals surface area (Å²) in [6.45, 7) is 6.72. The first kappa shape index (κ1) is 7.72. The number of nitrogens with one attached hydrogen (secondary N) is 1. The number of carbonyl (C=O) groups is 1. The molecular weight excluding hydrogens is 145 g/mol. The Labute approximate surface area is 64.1 Å². The molecule has 0 atom stereocenters. The summed E-state index contributed by atoms with van der Waals surface area (Å²) in [7, 11) is 0. The van der Waals surface area contributed by atoms with E-state index in [1.807, 2.05) is 0 Å². The molecule has 0 aromatic carbocycles. The average Bonchev–Trinajstić information content (AvgIpc) is 2.30. The molecule has 1 amide bonds. The molecule has 0 aromatic heterocycles. The number of hydrogen-bond donors (Lipinski definition) is 1. The van der Waals surface area contributed by atoms with E-state index in [9.17, 15) is 9.18 Å². The Kier molecular flexibility index (Phi) is 1.89. The van der Waals surface area contributed by atoms with Crippen LogP contribution in [0.3, 0.4) is 0 Å². The summed E-state index contributed by atoms with van der Waals surface area (Å²) in [4.78, 5) is 10.9. The van der Waals surface area contributed by atoms with Gasteiger partial charge in [-0.2, -0.15) is 0 Å². The number of amides is 1. The van der Waals surface area contributed by atoms with E-state index < -0.39 is 5.83 Å². The SMILES string of the molecule is C=CC1=C(C(=C)F)CNC1=O. The number of halogens is 1. The van der Waals surface area contributed by atoms with E-state index in [1.165, 1.54) is 6.08 Å². The van der Waals surface area contributed by atoms with Crippen molar-refractivity contribution in [2.75, 3.05) is 6.54 Å². The second kappa shape index (κ2) is 2.70. The van der Waals surface area contributed by atoms with Crippen molar-refractivity contribution < 1.29 is 9.18 Å². The van der Waals surface area contributed by atoms with E-state index in [-0.39, 0.29) is 18.0 Å². The molecule has 1 rings (SSSR count). The molecule has 0 radical (unpaired) electrons. The van der Waals surface area contributed by atoms with E-state index in [0.29, 0.717) is 5.57 Å². The van der Waals surface area contributed by atoms with Crippen LogP contribution in [0.1, 0.15) is 0 Å². The second-order valence-corrected chi connectivity index (χ2v) is 2.18. The molecule has 0 saturated carbocycles. The van der Waals surface area contributed by atoms with Gasteiger partial charge in [-0.05, 0) is 0 Å². The summed E-state index contributed by atoms with van der Waals surface area (Å²) < 4.78 is 12.5. The normalized spacial score (nSPS) is 16.6. The van der Waals surface area contributed by atoms with Crippen LogP contribution in [0.4, 0.5) is 4.39 Å². The fourth-order valence-corrected chi connectivity index (χ4v) is 0.954. The third-order valence-electron chi connectivity index (χ3n) is 1.53. The van der Waals surface area contributed by atoms with E-state index >= 15 is 0 Å². The van der Waals surface area contributed by atoms with Gasteiger partial charge in [0, 0.05) is 17.7 Å². The van der Waals surface area contributed by atoms with Crippen LogP contribution < -0.4 is 5.32 Å². The zero-order valence-corrected chi connectivity index (χ0v) is 5.98. The first-order valence-electron chi connectivity index (χ1n) is 3.15. The van der Waals surface area contributed by atoms with Gasteiger partial charge >= 0.3 is 0 Å². The van der Waals surface area contributed by atoms with Crippen LogP contribution in [0.5, 0.6) is 0 Å². The van der Waals surface area contributed by atoms with Crippen LogP contribution in [-0.4, -0.2) is 12.5 Å². The van der Waals surface area contributed by atoms with E-state index in [4.69, 9.17) is 0 Å². The van der Waals surface area contributed by atoms with Gasteiger partial charge in [-0.3, -0.25) is 4.79 Å². The molecule has 0 aliphatic carbocycles. The Bertz CT molecular complexity index is 265. The molecular formula is C8H8FNO. The van der Waals surface area contributed by atoms with Crippen molar-refractivity contribution in [1.29, 1.82) is 0 Å². The minimum Gasteiger partial charge on any atom is -0.348 e. The Morgan fingerprint density at radius 1 is 1.73 bits per heavy atom. The predicted molar refractivity (Wildman–Crippen MR) is 40.5 cm³/mol. The molecule has 3 heteroatoms. The lowest BCUT2D eigenvalue weighted by Crippen LogP contribution is -2.16. The summed E-state index contributed by atoms with van der Waals surface area (Å²) in [6, 6.07) is 0. The van der Waals surface area contributed by atoms with Crippen LogP contribution >= 0.6 is 0 Å². The Morgan fingerprint density at radius 2 is 2.36 bits per heavy atom. The molecule has 0 spiro atoms. The van der Waals surface area contributed by atoms with Gasteiger partial charge in [0.15, 0.2) is 0 Å². The summed E-state index contributed by atoms with van der Waals surface area (Å²) in [5, 5.41) is 2.47. The van der Waals surface area contributed by atoms with Crippen molar-refractivity contribution in [2.45, 2.75) is 0 Å². The Morgan fingerprint density at radius 3 is 2.73 bits per heavy atom. The van der Waals surface area contributed by atoms with Gasteiger partial charge in [0.2, 0.25) is 0 Å². The zero-order valence-electron chi connectivity index (χ0n) is 5.98. The van der Waals surface area contributed by atoms with E-state index in [2.05, 4.69) is 18.5 Å². The maximum Gasteiger partial charge on any atom is 0.251 e. The molecule has 1 heterocycles. The molecule has 1 aliphatic rings. The molecule has 0 fully saturated rings. The van der Waals surface area contributed by atoms with Crippen LogP contribution in [-0.2, 0) is 4.79 Å². The number of hydrogen-bond acceptors (Lipinski definition) is 1. The maximum atomic E-state index is 12.5. The molecule has 2 nitrogen and oxygen atoms in total. The van der Waals surface area contributed by atoms with Gasteiger partial charge < -0.3 is 5.32 Å². The van der Waals surface area contributed by atoms with Gasteiger partial charge in [0.25, 0.3) is 5.91 Å². The van der Waals surface area contributed by atoms with Gasteiger partial charge in [-0.25, -0.2) is 4.39 Å².